The molecule has 0 aromatic carbocycles. The summed E-state index contributed by atoms with van der Waals surface area (Å²) in [5.41, 5.74) is 0. The summed E-state index contributed by atoms with van der Waals surface area (Å²) in [6.07, 6.45) is 38.9. The van der Waals surface area contributed by atoms with E-state index in [1.165, 1.54) is 70.6 Å². The van der Waals surface area contributed by atoms with Gasteiger partial charge in [-0.05, 0) is 64.2 Å². The third kappa shape index (κ3) is 26.0. The summed E-state index contributed by atoms with van der Waals surface area (Å²) in [4.78, 5) is 12.2. The highest BCUT2D eigenvalue weighted by Crippen LogP contribution is 2.09. The molecule has 220 valence electrons. The summed E-state index contributed by atoms with van der Waals surface area (Å²) in [5.74, 6) is -0.0937. The zero-order chi connectivity index (χ0) is 27.9. The fraction of sp³-hybridized carbons (Fsp3) is 0.735. The van der Waals surface area contributed by atoms with E-state index in [1.807, 2.05) is 6.08 Å². The number of allylic oxidation sites excluding steroid dienone is 7. The van der Waals surface area contributed by atoms with Crippen LogP contribution in [0, 0.1) is 0 Å². The molecule has 0 radical (unpaired) electrons. The number of carbonyl (C=O) groups excluding carboxylic acids is 1. The molecule has 0 heterocycles. The lowest BCUT2D eigenvalue weighted by molar-refractivity contribution is -0.123. The minimum atomic E-state index is -0.870. The molecule has 0 saturated heterocycles. The van der Waals surface area contributed by atoms with Crippen LogP contribution in [0.25, 0.3) is 0 Å². The van der Waals surface area contributed by atoms with Crippen molar-refractivity contribution in [1.82, 2.24) is 5.32 Å². The van der Waals surface area contributed by atoms with Crippen molar-refractivity contribution in [2.24, 2.45) is 0 Å². The van der Waals surface area contributed by atoms with E-state index in [-0.39, 0.29) is 12.5 Å². The van der Waals surface area contributed by atoms with Crippen LogP contribution in [0.2, 0.25) is 0 Å². The first-order chi connectivity index (χ1) is 18.7. The van der Waals surface area contributed by atoms with Crippen LogP contribution in [0.3, 0.4) is 0 Å². The summed E-state index contributed by atoms with van der Waals surface area (Å²) in [5, 5.41) is 22.7. The highest BCUT2D eigenvalue weighted by molar-refractivity contribution is 5.76. The zero-order valence-electron chi connectivity index (χ0n) is 24.9. The van der Waals surface area contributed by atoms with E-state index >= 15 is 0 Å². The predicted molar refractivity (Wildman–Crippen MR) is 165 cm³/mol. The van der Waals surface area contributed by atoms with E-state index in [0.29, 0.717) is 6.42 Å². The Morgan fingerprint density at radius 2 is 1.05 bits per heavy atom. The highest BCUT2D eigenvalue weighted by Gasteiger charge is 2.17. The van der Waals surface area contributed by atoms with Gasteiger partial charge < -0.3 is 15.5 Å². The lowest BCUT2D eigenvalue weighted by atomic mass is 10.1. The van der Waals surface area contributed by atoms with Crippen molar-refractivity contribution in [1.29, 1.82) is 0 Å². The first kappa shape index (κ1) is 36.4. The second-order valence-corrected chi connectivity index (χ2v) is 10.5. The van der Waals surface area contributed by atoms with E-state index in [9.17, 15) is 15.0 Å². The molecule has 1 amide bonds. The lowest BCUT2D eigenvalue weighted by Crippen LogP contribution is -2.45. The van der Waals surface area contributed by atoms with Crippen LogP contribution >= 0.6 is 0 Å². The Kier molecular flexibility index (Phi) is 28.6. The van der Waals surface area contributed by atoms with Crippen LogP contribution in [0.1, 0.15) is 142 Å². The summed E-state index contributed by atoms with van der Waals surface area (Å²) < 4.78 is 0. The molecule has 0 fully saturated rings. The van der Waals surface area contributed by atoms with Crippen LogP contribution in [0.5, 0.6) is 0 Å². The SMILES string of the molecule is CCCC/C=C\CCCCCCCC(=O)NC(CO)C(O)/C=C/CC/C=C/CC/C=C/CCCCCCC. The second-order valence-electron chi connectivity index (χ2n) is 10.5. The van der Waals surface area contributed by atoms with Gasteiger partial charge in [-0.2, -0.15) is 0 Å². The van der Waals surface area contributed by atoms with Gasteiger partial charge in [0.1, 0.15) is 0 Å². The third-order valence-electron chi connectivity index (χ3n) is 6.76. The van der Waals surface area contributed by atoms with Gasteiger partial charge in [0.15, 0.2) is 0 Å². The van der Waals surface area contributed by atoms with Crippen LogP contribution in [0.4, 0.5) is 0 Å². The molecule has 0 rings (SSSR count). The van der Waals surface area contributed by atoms with E-state index in [4.69, 9.17) is 0 Å². The molecule has 2 unspecified atom stereocenters. The van der Waals surface area contributed by atoms with Crippen LogP contribution in [0.15, 0.2) is 48.6 Å². The quantitative estimate of drug-likeness (QED) is 0.0732. The number of rotatable bonds is 27. The van der Waals surface area contributed by atoms with Gasteiger partial charge in [-0.3, -0.25) is 4.79 Å². The average molecular weight is 532 g/mol. The van der Waals surface area contributed by atoms with E-state index in [1.54, 1.807) is 6.08 Å². The number of nitrogens with one attached hydrogen (secondary N) is 1. The van der Waals surface area contributed by atoms with Gasteiger partial charge in [0, 0.05) is 6.42 Å². The Bertz CT molecular complexity index is 623. The highest BCUT2D eigenvalue weighted by atomic mass is 16.3. The van der Waals surface area contributed by atoms with Gasteiger partial charge in [-0.15, -0.1) is 0 Å². The third-order valence-corrected chi connectivity index (χ3v) is 6.76. The maximum absolute atomic E-state index is 12.2. The van der Waals surface area contributed by atoms with Crippen molar-refractivity contribution in [2.75, 3.05) is 6.61 Å². The number of unbranched alkanes of at least 4 members (excludes halogenated alkanes) is 14. The molecule has 0 bridgehead atoms. The molecule has 0 aromatic heterocycles. The fourth-order valence-electron chi connectivity index (χ4n) is 4.25. The Labute approximate surface area is 235 Å². The topological polar surface area (TPSA) is 69.6 Å². The normalized spacial score (nSPS) is 13.9. The van der Waals surface area contributed by atoms with Gasteiger partial charge >= 0.3 is 0 Å². The number of carbonyl (C=O) groups is 1. The van der Waals surface area contributed by atoms with Crippen molar-refractivity contribution in [3.8, 4) is 0 Å². The largest absolute Gasteiger partial charge is 0.394 e. The molecule has 2 atom stereocenters. The number of hydrogen-bond donors (Lipinski definition) is 3. The second kappa shape index (κ2) is 29.9. The van der Waals surface area contributed by atoms with Crippen molar-refractivity contribution >= 4 is 5.91 Å². The van der Waals surface area contributed by atoms with Crippen molar-refractivity contribution < 1.29 is 15.0 Å². The lowest BCUT2D eigenvalue weighted by Gasteiger charge is -2.19. The molecule has 0 aliphatic carbocycles. The molecule has 0 aliphatic heterocycles. The molecule has 0 aromatic rings. The standard InChI is InChI=1S/C34H61NO3/c1-3-5-7-9-11-13-15-16-17-18-20-21-23-25-27-29-33(37)32(31-36)35-34(38)30-28-26-24-22-19-14-12-10-8-6-4-2/h10,12,15-16,20-21,27,29,32-33,36-37H,3-9,11,13-14,17-19,22-26,28,30-31H2,1-2H3,(H,35,38)/b12-10-,16-15+,21-20+,29-27+. The van der Waals surface area contributed by atoms with Gasteiger partial charge in [-0.25, -0.2) is 0 Å². The maximum Gasteiger partial charge on any atom is 0.220 e. The Morgan fingerprint density at radius 1 is 0.605 bits per heavy atom. The Balaban J connectivity index is 3.80. The summed E-state index contributed by atoms with van der Waals surface area (Å²) >= 11 is 0. The maximum atomic E-state index is 12.2. The molecule has 4 heteroatoms. The number of aliphatic hydroxyl groups excluding tert-OH is 2. The molecule has 0 aliphatic rings. The van der Waals surface area contributed by atoms with Gasteiger partial charge in [-0.1, -0.05) is 120 Å². The summed E-state index contributed by atoms with van der Waals surface area (Å²) in [6.45, 7) is 4.20. The van der Waals surface area contributed by atoms with Crippen LogP contribution in [-0.4, -0.2) is 34.9 Å². The molecule has 38 heavy (non-hydrogen) atoms. The van der Waals surface area contributed by atoms with Gasteiger partial charge in [0.05, 0.1) is 18.8 Å². The smallest absolute Gasteiger partial charge is 0.220 e. The minimum Gasteiger partial charge on any atom is -0.394 e. The van der Waals surface area contributed by atoms with Crippen molar-refractivity contribution in [3.63, 3.8) is 0 Å². The van der Waals surface area contributed by atoms with E-state index in [2.05, 4.69) is 55.6 Å². The van der Waals surface area contributed by atoms with Gasteiger partial charge in [0.2, 0.25) is 5.91 Å². The predicted octanol–water partition coefficient (Wildman–Crippen LogP) is 8.89. The molecule has 4 nitrogen and oxygen atoms in total. The fourth-order valence-corrected chi connectivity index (χ4v) is 4.25. The Hall–Kier alpha value is -1.65. The summed E-state index contributed by atoms with van der Waals surface area (Å²) in [6, 6.07) is -0.646. The van der Waals surface area contributed by atoms with Crippen molar-refractivity contribution in [3.05, 3.63) is 48.6 Å². The summed E-state index contributed by atoms with van der Waals surface area (Å²) in [7, 11) is 0. The number of amides is 1. The molecule has 0 saturated carbocycles. The van der Waals surface area contributed by atoms with Gasteiger partial charge in [0.25, 0.3) is 0 Å². The number of aliphatic hydroxyl groups is 2. The first-order valence-electron chi connectivity index (χ1n) is 15.9. The minimum absolute atomic E-state index is 0.0937. The van der Waals surface area contributed by atoms with Crippen molar-refractivity contribution in [2.45, 2.75) is 154 Å². The van der Waals surface area contributed by atoms with Crippen LogP contribution in [-0.2, 0) is 4.79 Å². The Morgan fingerprint density at radius 3 is 1.61 bits per heavy atom. The first-order valence-corrected chi connectivity index (χ1v) is 15.9. The zero-order valence-corrected chi connectivity index (χ0v) is 24.9. The molecular formula is C34H61NO3. The van der Waals surface area contributed by atoms with Crippen LogP contribution < -0.4 is 5.32 Å². The molecular weight excluding hydrogens is 470 g/mol. The molecule has 0 spiro atoms. The van der Waals surface area contributed by atoms with E-state index < -0.39 is 12.1 Å². The average Bonchev–Trinajstić information content (AvgIpc) is 2.92. The molecule has 3 N–H and O–H groups in total. The number of hydrogen-bond acceptors (Lipinski definition) is 3. The monoisotopic (exact) mass is 531 g/mol. The van der Waals surface area contributed by atoms with E-state index in [0.717, 1.165) is 51.4 Å².